The second-order valence-electron chi connectivity index (χ2n) is 7.10. The van der Waals surface area contributed by atoms with E-state index >= 15 is 0 Å². The van der Waals surface area contributed by atoms with Gasteiger partial charge in [-0.05, 0) is 37.7 Å². The van der Waals surface area contributed by atoms with Gasteiger partial charge in [0.2, 0.25) is 0 Å². The fraction of sp³-hybridized carbons (Fsp3) is 0.381. The summed E-state index contributed by atoms with van der Waals surface area (Å²) >= 11 is 0. The van der Waals surface area contributed by atoms with E-state index in [1.807, 2.05) is 6.92 Å². The van der Waals surface area contributed by atoms with E-state index in [1.54, 1.807) is 0 Å². The molecule has 6 heteroatoms. The molecule has 0 aromatic heterocycles. The molecule has 1 atom stereocenters. The van der Waals surface area contributed by atoms with E-state index in [9.17, 15) is 13.6 Å². The smallest absolute Gasteiger partial charge is 0.251 e. The Morgan fingerprint density at radius 3 is 2.33 bits per heavy atom. The van der Waals surface area contributed by atoms with Gasteiger partial charge >= 0.3 is 0 Å². The van der Waals surface area contributed by atoms with E-state index in [4.69, 9.17) is 0 Å². The highest BCUT2D eigenvalue weighted by molar-refractivity contribution is 5.94. The Morgan fingerprint density at radius 2 is 1.70 bits per heavy atom. The molecule has 0 spiro atoms. The molecule has 3 rings (SSSR count). The number of halogens is 2. The number of rotatable bonds is 5. The molecule has 0 radical (unpaired) electrons. The van der Waals surface area contributed by atoms with Crippen LogP contribution in [0.3, 0.4) is 0 Å². The zero-order valence-electron chi connectivity index (χ0n) is 15.7. The van der Waals surface area contributed by atoms with Crippen LogP contribution < -0.4 is 5.32 Å². The average Bonchev–Trinajstić information content (AvgIpc) is 2.66. The van der Waals surface area contributed by atoms with Crippen molar-refractivity contribution in [2.24, 2.45) is 0 Å². The minimum absolute atomic E-state index is 0.0357. The number of nitrogens with one attached hydrogen (secondary N) is 1. The third-order valence-corrected chi connectivity index (χ3v) is 5.08. The first kappa shape index (κ1) is 19.5. The van der Waals surface area contributed by atoms with Crippen LogP contribution in [0.5, 0.6) is 0 Å². The Labute approximate surface area is 158 Å². The number of likely N-dealkylation sites (N-methyl/N-ethyl adjacent to an activating group) is 1. The molecule has 2 aromatic rings. The van der Waals surface area contributed by atoms with Crippen molar-refractivity contribution in [1.29, 1.82) is 0 Å². The zero-order valence-corrected chi connectivity index (χ0v) is 15.7. The molecular formula is C21H25F2N3O. The fourth-order valence-corrected chi connectivity index (χ4v) is 3.31. The highest BCUT2D eigenvalue weighted by atomic mass is 19.2. The van der Waals surface area contributed by atoms with Crippen molar-refractivity contribution >= 4 is 5.91 Å². The van der Waals surface area contributed by atoms with Gasteiger partial charge in [-0.15, -0.1) is 0 Å². The molecule has 1 heterocycles. The largest absolute Gasteiger partial charge is 0.350 e. The predicted molar refractivity (Wildman–Crippen MR) is 102 cm³/mol. The molecule has 1 fully saturated rings. The number of nitrogens with zero attached hydrogens (tertiary/aromatic N) is 2. The van der Waals surface area contributed by atoms with Crippen molar-refractivity contribution in [2.75, 3.05) is 39.8 Å². The quantitative estimate of drug-likeness (QED) is 0.875. The molecule has 144 valence electrons. The highest BCUT2D eigenvalue weighted by Gasteiger charge is 2.24. The summed E-state index contributed by atoms with van der Waals surface area (Å²) in [5.74, 6) is -2.38. The molecule has 0 saturated carbocycles. The van der Waals surface area contributed by atoms with E-state index in [0.29, 0.717) is 6.54 Å². The summed E-state index contributed by atoms with van der Waals surface area (Å²) < 4.78 is 26.5. The van der Waals surface area contributed by atoms with Crippen molar-refractivity contribution in [2.45, 2.75) is 13.0 Å². The van der Waals surface area contributed by atoms with Gasteiger partial charge in [-0.3, -0.25) is 9.69 Å². The first-order valence-corrected chi connectivity index (χ1v) is 9.16. The van der Waals surface area contributed by atoms with Crippen LogP contribution in [0.1, 0.15) is 27.5 Å². The van der Waals surface area contributed by atoms with Crippen LogP contribution in [0.15, 0.2) is 42.5 Å². The number of aryl methyl sites for hydroxylation is 1. The summed E-state index contributed by atoms with van der Waals surface area (Å²) in [6.45, 7) is 6.22. The molecule has 2 aromatic carbocycles. The number of hydrogen-bond acceptors (Lipinski definition) is 3. The molecule has 27 heavy (non-hydrogen) atoms. The van der Waals surface area contributed by atoms with Crippen LogP contribution in [-0.4, -0.2) is 55.5 Å². The summed E-state index contributed by atoms with van der Waals surface area (Å²) in [5.41, 5.74) is 2.44. The van der Waals surface area contributed by atoms with E-state index in [1.165, 1.54) is 11.6 Å². The Balaban J connectivity index is 1.73. The van der Waals surface area contributed by atoms with Gasteiger partial charge in [0.25, 0.3) is 5.91 Å². The minimum Gasteiger partial charge on any atom is -0.350 e. The first-order valence-electron chi connectivity index (χ1n) is 9.16. The van der Waals surface area contributed by atoms with Crippen molar-refractivity contribution in [3.63, 3.8) is 0 Å². The van der Waals surface area contributed by atoms with E-state index in [2.05, 4.69) is 46.4 Å². The second-order valence-corrected chi connectivity index (χ2v) is 7.10. The molecule has 4 nitrogen and oxygen atoms in total. The topological polar surface area (TPSA) is 35.6 Å². The van der Waals surface area contributed by atoms with Crippen LogP contribution in [0, 0.1) is 18.6 Å². The Kier molecular flexibility index (Phi) is 6.19. The maximum atomic E-state index is 13.4. The standard InChI is InChI=1S/C21H25F2N3O/c1-15-3-5-16(6-4-15)20(26-11-9-25(2)10-12-26)14-24-21(27)17-7-8-18(22)19(23)13-17/h3-8,13,20H,9-12,14H2,1-2H3,(H,24,27). The molecule has 1 amide bonds. The van der Waals surface area contributed by atoms with E-state index < -0.39 is 17.5 Å². The van der Waals surface area contributed by atoms with Crippen LogP contribution in [0.4, 0.5) is 8.78 Å². The van der Waals surface area contributed by atoms with Crippen LogP contribution in [0.2, 0.25) is 0 Å². The zero-order chi connectivity index (χ0) is 19.4. The normalized spacial score (nSPS) is 16.9. The van der Waals surface area contributed by atoms with Gasteiger partial charge in [-0.1, -0.05) is 29.8 Å². The summed E-state index contributed by atoms with van der Waals surface area (Å²) in [7, 11) is 2.10. The maximum absolute atomic E-state index is 13.4. The van der Waals surface area contributed by atoms with Crippen molar-refractivity contribution in [1.82, 2.24) is 15.1 Å². The van der Waals surface area contributed by atoms with Gasteiger partial charge in [0.1, 0.15) is 0 Å². The fourth-order valence-electron chi connectivity index (χ4n) is 3.31. The molecule has 1 saturated heterocycles. The van der Waals surface area contributed by atoms with E-state index in [-0.39, 0.29) is 11.6 Å². The van der Waals surface area contributed by atoms with Crippen LogP contribution in [-0.2, 0) is 0 Å². The van der Waals surface area contributed by atoms with Crippen LogP contribution >= 0.6 is 0 Å². The summed E-state index contributed by atoms with van der Waals surface area (Å²) in [4.78, 5) is 17.0. The second kappa shape index (κ2) is 8.59. The maximum Gasteiger partial charge on any atom is 0.251 e. The molecule has 1 aliphatic heterocycles. The van der Waals surface area contributed by atoms with E-state index in [0.717, 1.165) is 43.9 Å². The third kappa shape index (κ3) is 4.90. The Morgan fingerprint density at radius 1 is 1.04 bits per heavy atom. The summed E-state index contributed by atoms with van der Waals surface area (Å²) in [6.07, 6.45) is 0. The number of benzene rings is 2. The molecular weight excluding hydrogens is 348 g/mol. The van der Waals surface area contributed by atoms with Crippen molar-refractivity contribution in [3.8, 4) is 0 Å². The molecule has 1 N–H and O–H groups in total. The average molecular weight is 373 g/mol. The van der Waals surface area contributed by atoms with Gasteiger partial charge < -0.3 is 10.2 Å². The van der Waals surface area contributed by atoms with Gasteiger partial charge in [-0.25, -0.2) is 8.78 Å². The third-order valence-electron chi connectivity index (χ3n) is 5.08. The van der Waals surface area contributed by atoms with Crippen molar-refractivity contribution in [3.05, 3.63) is 70.8 Å². The lowest BCUT2D eigenvalue weighted by Gasteiger charge is -2.38. The lowest BCUT2D eigenvalue weighted by Crippen LogP contribution is -2.48. The highest BCUT2D eigenvalue weighted by Crippen LogP contribution is 2.22. The molecule has 0 aliphatic carbocycles. The summed E-state index contributed by atoms with van der Waals surface area (Å²) in [5, 5.41) is 2.88. The Hall–Kier alpha value is -2.31. The van der Waals surface area contributed by atoms with Crippen LogP contribution in [0.25, 0.3) is 0 Å². The number of piperazine rings is 1. The first-order chi connectivity index (χ1) is 12.9. The SMILES string of the molecule is Cc1ccc(C(CNC(=O)c2ccc(F)c(F)c2)N2CCN(C)CC2)cc1. The lowest BCUT2D eigenvalue weighted by molar-refractivity contribution is 0.0885. The number of hydrogen-bond donors (Lipinski definition) is 1. The number of carbonyl (C=O) groups is 1. The van der Waals surface area contributed by atoms with Gasteiger partial charge in [0, 0.05) is 38.3 Å². The number of amides is 1. The summed E-state index contributed by atoms with van der Waals surface area (Å²) in [6, 6.07) is 11.5. The molecule has 1 aliphatic rings. The van der Waals surface area contributed by atoms with Gasteiger partial charge in [0.05, 0.1) is 6.04 Å². The molecule has 1 unspecified atom stereocenters. The molecule has 0 bridgehead atoms. The van der Waals surface area contributed by atoms with Gasteiger partial charge in [0.15, 0.2) is 11.6 Å². The Bertz CT molecular complexity index is 787. The minimum atomic E-state index is -1.02. The lowest BCUT2D eigenvalue weighted by atomic mass is 10.0. The van der Waals surface area contributed by atoms with Gasteiger partial charge in [-0.2, -0.15) is 0 Å². The van der Waals surface area contributed by atoms with Crippen molar-refractivity contribution < 1.29 is 13.6 Å². The monoisotopic (exact) mass is 373 g/mol. The predicted octanol–water partition coefficient (Wildman–Crippen LogP) is 2.99. The number of carbonyl (C=O) groups excluding carboxylic acids is 1.